The van der Waals surface area contributed by atoms with Crippen LogP contribution in [0.5, 0.6) is 5.75 Å². The van der Waals surface area contributed by atoms with E-state index in [9.17, 15) is 9.59 Å². The molecule has 2 aliphatic carbocycles. The number of nitrogens with one attached hydrogen (secondary N) is 1. The third-order valence-electron chi connectivity index (χ3n) is 6.18. The average Bonchev–Trinajstić information content (AvgIpc) is 3.54. The van der Waals surface area contributed by atoms with Gasteiger partial charge in [0.2, 0.25) is 5.91 Å². The van der Waals surface area contributed by atoms with Gasteiger partial charge in [0.1, 0.15) is 5.75 Å². The summed E-state index contributed by atoms with van der Waals surface area (Å²) < 4.78 is 6.73. The van der Waals surface area contributed by atoms with Crippen LogP contribution in [0, 0.1) is 0 Å². The molecule has 0 unspecified atom stereocenters. The second-order valence-corrected chi connectivity index (χ2v) is 8.38. The highest BCUT2D eigenvalue weighted by Gasteiger charge is 2.51. The molecule has 1 aromatic carbocycles. The van der Waals surface area contributed by atoms with Gasteiger partial charge in [-0.3, -0.25) is 9.59 Å². The van der Waals surface area contributed by atoms with Crippen LogP contribution in [-0.2, 0) is 29.6 Å². The number of aromatic nitrogens is 2. The van der Waals surface area contributed by atoms with Crippen LogP contribution in [0.2, 0.25) is 0 Å². The quantitative estimate of drug-likeness (QED) is 0.764. The van der Waals surface area contributed by atoms with Crippen molar-refractivity contribution in [2.24, 2.45) is 0 Å². The van der Waals surface area contributed by atoms with E-state index < -0.39 is 5.41 Å². The van der Waals surface area contributed by atoms with Crippen molar-refractivity contribution in [1.82, 2.24) is 15.1 Å². The van der Waals surface area contributed by atoms with Gasteiger partial charge in [-0.2, -0.15) is 5.10 Å². The standard InChI is InChI=1S/C23H29N3O3/c1-16(15-26-21(27)14-17-6-4-3-5-7-20(17)25-26)24-22(28)23(12-13-23)18-8-10-19(29-2)11-9-18/h8-11,14,16H,3-7,12-13,15H2,1-2H3,(H,24,28)/t16-/m0/s1. The molecule has 1 N–H and O–H groups in total. The summed E-state index contributed by atoms with van der Waals surface area (Å²) >= 11 is 0. The number of ether oxygens (including phenoxy) is 1. The van der Waals surface area contributed by atoms with Crippen molar-refractivity contribution < 1.29 is 9.53 Å². The van der Waals surface area contributed by atoms with E-state index in [-0.39, 0.29) is 17.5 Å². The topological polar surface area (TPSA) is 73.2 Å². The fourth-order valence-electron chi connectivity index (χ4n) is 4.26. The molecule has 1 fully saturated rings. The molecule has 29 heavy (non-hydrogen) atoms. The van der Waals surface area contributed by atoms with E-state index in [1.165, 1.54) is 11.1 Å². The molecule has 1 heterocycles. The minimum Gasteiger partial charge on any atom is -0.497 e. The number of carbonyl (C=O) groups excluding carboxylic acids is 1. The number of carbonyl (C=O) groups is 1. The maximum atomic E-state index is 13.0. The molecular weight excluding hydrogens is 366 g/mol. The molecule has 1 atom stereocenters. The van der Waals surface area contributed by atoms with Crippen molar-refractivity contribution in [3.05, 3.63) is 57.5 Å². The Bertz CT molecular complexity index is 945. The molecule has 1 amide bonds. The van der Waals surface area contributed by atoms with Gasteiger partial charge in [-0.1, -0.05) is 18.6 Å². The molecule has 0 bridgehead atoms. The first-order chi connectivity index (χ1) is 14.0. The fraction of sp³-hybridized carbons (Fsp3) is 0.522. The number of aryl methyl sites for hydroxylation is 2. The van der Waals surface area contributed by atoms with Gasteiger partial charge in [0.05, 0.1) is 24.8 Å². The Morgan fingerprint density at radius 1 is 1.21 bits per heavy atom. The first kappa shape index (κ1) is 19.7. The summed E-state index contributed by atoms with van der Waals surface area (Å²) in [6.07, 6.45) is 6.98. The highest BCUT2D eigenvalue weighted by molar-refractivity contribution is 5.91. The number of methoxy groups -OCH3 is 1. The third kappa shape index (κ3) is 4.07. The van der Waals surface area contributed by atoms with Gasteiger partial charge >= 0.3 is 0 Å². The van der Waals surface area contributed by atoms with Gasteiger partial charge in [-0.25, -0.2) is 4.68 Å². The van der Waals surface area contributed by atoms with Crippen molar-refractivity contribution in [2.45, 2.75) is 69.9 Å². The maximum absolute atomic E-state index is 13.0. The van der Waals surface area contributed by atoms with Crippen molar-refractivity contribution in [2.75, 3.05) is 7.11 Å². The van der Waals surface area contributed by atoms with Crippen LogP contribution in [0.4, 0.5) is 0 Å². The minimum absolute atomic E-state index is 0.0259. The molecule has 1 saturated carbocycles. The van der Waals surface area contributed by atoms with Crippen LogP contribution < -0.4 is 15.6 Å². The molecule has 1 aromatic heterocycles. The van der Waals surface area contributed by atoms with Gasteiger partial charge in [0, 0.05) is 12.1 Å². The Kier molecular flexibility index (Phi) is 5.43. The van der Waals surface area contributed by atoms with Crippen LogP contribution in [-0.4, -0.2) is 28.8 Å². The van der Waals surface area contributed by atoms with Crippen molar-refractivity contribution in [3.8, 4) is 5.75 Å². The predicted octanol–water partition coefficient (Wildman–Crippen LogP) is 2.76. The van der Waals surface area contributed by atoms with Crippen LogP contribution in [0.25, 0.3) is 0 Å². The number of benzene rings is 1. The minimum atomic E-state index is -0.452. The van der Waals surface area contributed by atoms with Crippen LogP contribution in [0.3, 0.4) is 0 Å². The van der Waals surface area contributed by atoms with Crippen molar-refractivity contribution in [3.63, 3.8) is 0 Å². The first-order valence-electron chi connectivity index (χ1n) is 10.6. The number of amides is 1. The van der Waals surface area contributed by atoms with E-state index in [2.05, 4.69) is 10.4 Å². The average molecular weight is 396 g/mol. The molecule has 154 valence electrons. The van der Waals surface area contributed by atoms with Gasteiger partial charge in [-0.05, 0) is 68.7 Å². The van der Waals surface area contributed by atoms with Crippen LogP contribution in [0.15, 0.2) is 35.1 Å². The summed E-state index contributed by atoms with van der Waals surface area (Å²) in [7, 11) is 1.63. The van der Waals surface area contributed by atoms with Crippen LogP contribution in [0.1, 0.15) is 55.8 Å². The van der Waals surface area contributed by atoms with E-state index in [0.717, 1.165) is 61.1 Å². The van der Waals surface area contributed by atoms with Gasteiger partial charge < -0.3 is 10.1 Å². The Labute approximate surface area is 171 Å². The largest absolute Gasteiger partial charge is 0.497 e. The maximum Gasteiger partial charge on any atom is 0.267 e. The zero-order valence-electron chi connectivity index (χ0n) is 17.2. The molecule has 0 spiro atoms. The summed E-state index contributed by atoms with van der Waals surface area (Å²) in [5.74, 6) is 0.810. The monoisotopic (exact) mass is 395 g/mol. The SMILES string of the molecule is COc1ccc(C2(C(=O)N[C@@H](C)Cn3nc4c(cc3=O)CCCCC4)CC2)cc1. The molecule has 2 aromatic rings. The predicted molar refractivity (Wildman–Crippen MR) is 111 cm³/mol. The first-order valence-corrected chi connectivity index (χ1v) is 10.6. The molecule has 0 radical (unpaired) electrons. The molecule has 2 aliphatic rings. The smallest absolute Gasteiger partial charge is 0.267 e. The molecule has 4 rings (SSSR count). The molecular formula is C23H29N3O3. The van der Waals surface area contributed by atoms with E-state index in [0.29, 0.717) is 6.54 Å². The number of rotatable bonds is 6. The summed E-state index contributed by atoms with van der Waals surface area (Å²) in [4.78, 5) is 25.5. The van der Waals surface area contributed by atoms with E-state index in [1.54, 1.807) is 13.2 Å². The number of hydrogen-bond donors (Lipinski definition) is 1. The normalized spacial score (nSPS) is 18.3. The highest BCUT2D eigenvalue weighted by Crippen LogP contribution is 2.48. The summed E-state index contributed by atoms with van der Waals surface area (Å²) in [5, 5.41) is 7.72. The number of nitrogens with zero attached hydrogens (tertiary/aromatic N) is 2. The number of hydrogen-bond acceptors (Lipinski definition) is 4. The second kappa shape index (κ2) is 8.01. The Morgan fingerprint density at radius 2 is 1.93 bits per heavy atom. The summed E-state index contributed by atoms with van der Waals surface area (Å²) in [6, 6.07) is 9.29. The lowest BCUT2D eigenvalue weighted by molar-refractivity contribution is -0.124. The molecule has 0 saturated heterocycles. The van der Waals surface area contributed by atoms with Gasteiger partial charge in [0.15, 0.2) is 0 Å². The lowest BCUT2D eigenvalue weighted by atomic mass is 9.94. The Morgan fingerprint density at radius 3 is 2.62 bits per heavy atom. The van der Waals surface area contributed by atoms with E-state index in [1.807, 2.05) is 31.2 Å². The molecule has 6 nitrogen and oxygen atoms in total. The Hall–Kier alpha value is -2.63. The van der Waals surface area contributed by atoms with Crippen molar-refractivity contribution in [1.29, 1.82) is 0 Å². The molecule has 0 aliphatic heterocycles. The number of fused-ring (bicyclic) bond motifs is 1. The van der Waals surface area contributed by atoms with Gasteiger partial charge in [-0.15, -0.1) is 0 Å². The summed E-state index contributed by atoms with van der Waals surface area (Å²) in [6.45, 7) is 2.32. The lowest BCUT2D eigenvalue weighted by Gasteiger charge is -2.21. The molecule has 6 heteroatoms. The zero-order chi connectivity index (χ0) is 20.4. The van der Waals surface area contributed by atoms with Crippen LogP contribution >= 0.6 is 0 Å². The zero-order valence-corrected chi connectivity index (χ0v) is 17.2. The second-order valence-electron chi connectivity index (χ2n) is 8.38. The van der Waals surface area contributed by atoms with E-state index in [4.69, 9.17) is 4.74 Å². The third-order valence-corrected chi connectivity index (χ3v) is 6.18. The highest BCUT2D eigenvalue weighted by atomic mass is 16.5. The lowest BCUT2D eigenvalue weighted by Crippen LogP contribution is -2.43. The summed E-state index contributed by atoms with van der Waals surface area (Å²) in [5.41, 5.74) is 2.62. The van der Waals surface area contributed by atoms with Crippen molar-refractivity contribution >= 4 is 5.91 Å². The van der Waals surface area contributed by atoms with E-state index >= 15 is 0 Å². The fourth-order valence-corrected chi connectivity index (χ4v) is 4.26. The van der Waals surface area contributed by atoms with Gasteiger partial charge in [0.25, 0.3) is 5.56 Å². The Balaban J connectivity index is 1.44.